The van der Waals surface area contributed by atoms with Gasteiger partial charge in [-0.05, 0) is 153 Å². The topological polar surface area (TPSA) is 22.9 Å². The van der Waals surface area contributed by atoms with Crippen LogP contribution in [0.4, 0.5) is 51.2 Å². The molecule has 0 saturated carbocycles. The van der Waals surface area contributed by atoms with Crippen LogP contribution in [0.25, 0.3) is 22.1 Å². The van der Waals surface area contributed by atoms with E-state index in [1.165, 1.54) is 55.6 Å². The smallest absolute Gasteiger partial charge is 0.297 e. The van der Waals surface area contributed by atoms with Gasteiger partial charge in [-0.15, -0.1) is 0 Å². The summed E-state index contributed by atoms with van der Waals surface area (Å²) in [6.07, 6.45) is 2.22. The summed E-state index contributed by atoms with van der Waals surface area (Å²) in [6, 6.07) is 66.1. The van der Waals surface area contributed by atoms with Gasteiger partial charge in [0.05, 0.1) is 22.7 Å². The quantitative estimate of drug-likeness (QED) is 0.155. The van der Waals surface area contributed by atoms with E-state index in [1.807, 2.05) is 0 Å². The zero-order valence-electron chi connectivity index (χ0n) is 44.0. The molecule has 0 radical (unpaired) electrons. The Bertz CT molecular complexity index is 3520. The van der Waals surface area contributed by atoms with Crippen LogP contribution in [0.1, 0.15) is 110 Å². The van der Waals surface area contributed by atoms with Crippen molar-refractivity contribution in [1.82, 2.24) is 0 Å². The second-order valence-corrected chi connectivity index (χ2v) is 24.2. The van der Waals surface area contributed by atoms with Crippen LogP contribution in [0.5, 0.6) is 0 Å². The van der Waals surface area contributed by atoms with E-state index in [9.17, 15) is 0 Å². The first-order valence-corrected chi connectivity index (χ1v) is 26.1. The summed E-state index contributed by atoms with van der Waals surface area (Å²) in [4.78, 5) is 7.69. The molecule has 0 N–H and O–H groups in total. The van der Waals surface area contributed by atoms with Gasteiger partial charge in [0.1, 0.15) is 5.58 Å². The molecule has 0 spiro atoms. The maximum atomic E-state index is 7.50. The highest BCUT2D eigenvalue weighted by Gasteiger charge is 2.51. The Hall–Kier alpha value is -7.24. The highest BCUT2D eigenvalue weighted by Crippen LogP contribution is 2.56. The van der Waals surface area contributed by atoms with Gasteiger partial charge in [-0.25, -0.2) is 0 Å². The summed E-state index contributed by atoms with van der Waals surface area (Å²) >= 11 is 0. The monoisotopic (exact) mass is 940 g/mol. The highest BCUT2D eigenvalue weighted by atomic mass is 16.3. The minimum atomic E-state index is -0.204. The normalized spacial score (nSPS) is 15.5. The summed E-state index contributed by atoms with van der Waals surface area (Å²) < 4.78 is 7.50. The van der Waals surface area contributed by atoms with Crippen LogP contribution >= 0.6 is 0 Å². The van der Waals surface area contributed by atoms with Gasteiger partial charge in [0, 0.05) is 45.1 Å². The van der Waals surface area contributed by atoms with E-state index in [-0.39, 0.29) is 28.4 Å². The zero-order valence-corrected chi connectivity index (χ0v) is 44.0. The molecule has 2 aliphatic heterocycles. The van der Waals surface area contributed by atoms with Crippen molar-refractivity contribution in [1.29, 1.82) is 0 Å². The standard InChI is InChI=1S/C67H66BN3O/c1-43-27-36-58-52(39-43)61-63(72-58)68-54-34-33-53-59(67(10,11)38-37-66(53,8)9)62(54)70(49-31-28-45(29-32-49)64(2,3)4)56-41-50(69(47-23-17-13-18-24-47)48-25-19-14-20-26-48)42-57(60(56)68)71(61)55-35-30-46(65(5,6)7)40-51(55)44-21-15-12-16-22-44/h12-36,39-42H,37-38H2,1-11H3. The molecular weight excluding hydrogens is 874 g/mol. The number of hydrogen-bond donors (Lipinski definition) is 0. The van der Waals surface area contributed by atoms with Crippen molar-refractivity contribution in [2.24, 2.45) is 0 Å². The molecule has 12 rings (SSSR count). The van der Waals surface area contributed by atoms with Crippen molar-refractivity contribution in [2.75, 3.05) is 14.7 Å². The SMILES string of the molecule is Cc1ccc2oc3c(c2c1)N(c1ccc(C(C)(C)C)cc1-c1ccccc1)c1cc(N(c2ccccc2)c2ccccc2)cc2c1B3c1ccc3c(c1N2c1ccc(C(C)(C)C)cc1)C(C)(C)CCC3(C)C. The third-order valence-corrected chi connectivity index (χ3v) is 16.2. The van der Waals surface area contributed by atoms with Crippen LogP contribution in [0.15, 0.2) is 180 Å². The second kappa shape index (κ2) is 16.4. The summed E-state index contributed by atoms with van der Waals surface area (Å²) in [6.45, 7) is 25.7. The lowest BCUT2D eigenvalue weighted by atomic mass is 9.35. The number of rotatable bonds is 6. The predicted molar refractivity (Wildman–Crippen MR) is 308 cm³/mol. The van der Waals surface area contributed by atoms with Crippen molar-refractivity contribution >= 4 is 85.5 Å². The van der Waals surface area contributed by atoms with Crippen molar-refractivity contribution in [3.63, 3.8) is 0 Å². The zero-order chi connectivity index (χ0) is 50.1. The largest absolute Gasteiger partial charge is 0.468 e. The number of furan rings is 1. The fourth-order valence-corrected chi connectivity index (χ4v) is 12.2. The molecule has 1 aromatic heterocycles. The molecule has 1 aliphatic carbocycles. The molecule has 4 nitrogen and oxygen atoms in total. The van der Waals surface area contributed by atoms with Gasteiger partial charge in [-0.2, -0.15) is 0 Å². The molecule has 9 aromatic rings. The number of anilines is 9. The maximum absolute atomic E-state index is 7.50. The Balaban J connectivity index is 1.28. The van der Waals surface area contributed by atoms with Gasteiger partial charge in [0.25, 0.3) is 6.71 Å². The van der Waals surface area contributed by atoms with Gasteiger partial charge >= 0.3 is 0 Å². The van der Waals surface area contributed by atoms with Gasteiger partial charge < -0.3 is 19.1 Å². The third-order valence-electron chi connectivity index (χ3n) is 16.2. The number of aryl methyl sites for hydroxylation is 1. The van der Waals surface area contributed by atoms with Crippen molar-refractivity contribution < 1.29 is 4.42 Å². The number of fused-ring (bicyclic) bond motifs is 8. The fraction of sp³-hybridized carbons (Fsp3) is 0.254. The summed E-state index contributed by atoms with van der Waals surface area (Å²) in [5, 5.41) is 1.12. The first-order valence-electron chi connectivity index (χ1n) is 26.1. The Morgan fingerprint density at radius 1 is 0.528 bits per heavy atom. The molecule has 0 atom stereocenters. The van der Waals surface area contributed by atoms with Crippen molar-refractivity contribution in [2.45, 2.75) is 111 Å². The number of para-hydroxylation sites is 2. The van der Waals surface area contributed by atoms with E-state index in [1.54, 1.807) is 0 Å². The van der Waals surface area contributed by atoms with Crippen molar-refractivity contribution in [3.05, 3.63) is 204 Å². The lowest BCUT2D eigenvalue weighted by molar-refractivity contribution is 0.333. The highest BCUT2D eigenvalue weighted by molar-refractivity contribution is 7.00. The maximum Gasteiger partial charge on any atom is 0.297 e. The Morgan fingerprint density at radius 2 is 1.11 bits per heavy atom. The van der Waals surface area contributed by atoms with E-state index >= 15 is 0 Å². The van der Waals surface area contributed by atoms with Crippen LogP contribution in [-0.4, -0.2) is 6.71 Å². The molecule has 3 aliphatic rings. The first kappa shape index (κ1) is 45.9. The molecule has 0 saturated heterocycles. The van der Waals surface area contributed by atoms with E-state index in [2.05, 4.69) is 267 Å². The van der Waals surface area contributed by atoms with Gasteiger partial charge in [-0.3, -0.25) is 0 Å². The fourth-order valence-electron chi connectivity index (χ4n) is 12.2. The second-order valence-electron chi connectivity index (χ2n) is 24.2. The lowest BCUT2D eigenvalue weighted by Crippen LogP contribution is -2.61. The average Bonchev–Trinajstić information content (AvgIpc) is 3.73. The van der Waals surface area contributed by atoms with Crippen LogP contribution in [0.3, 0.4) is 0 Å². The molecule has 5 heteroatoms. The Morgan fingerprint density at radius 3 is 1.74 bits per heavy atom. The molecule has 358 valence electrons. The molecule has 8 aromatic carbocycles. The van der Waals surface area contributed by atoms with Crippen molar-refractivity contribution in [3.8, 4) is 11.1 Å². The molecule has 0 fully saturated rings. The minimum Gasteiger partial charge on any atom is -0.468 e. The molecule has 0 unspecified atom stereocenters. The predicted octanol–water partition coefficient (Wildman–Crippen LogP) is 16.9. The van der Waals surface area contributed by atoms with Gasteiger partial charge in [0.15, 0.2) is 0 Å². The molecule has 72 heavy (non-hydrogen) atoms. The summed E-state index contributed by atoms with van der Waals surface area (Å²) in [5.74, 6) is 0. The molecular formula is C67H66BN3O. The number of hydrogen-bond acceptors (Lipinski definition) is 4. The summed E-state index contributed by atoms with van der Waals surface area (Å²) in [7, 11) is 0. The number of nitrogens with zero attached hydrogens (tertiary/aromatic N) is 3. The first-order chi connectivity index (χ1) is 34.4. The van der Waals surface area contributed by atoms with E-state index in [4.69, 9.17) is 4.42 Å². The Kier molecular flexibility index (Phi) is 10.4. The van der Waals surface area contributed by atoms with Crippen LogP contribution < -0.4 is 31.3 Å². The van der Waals surface area contributed by atoms with Crippen LogP contribution in [0, 0.1) is 6.92 Å². The lowest BCUT2D eigenvalue weighted by Gasteiger charge is -2.49. The molecule has 0 amide bonds. The van der Waals surface area contributed by atoms with E-state index in [0.717, 1.165) is 75.0 Å². The van der Waals surface area contributed by atoms with Gasteiger partial charge in [0.2, 0.25) is 0 Å². The minimum absolute atomic E-state index is 0.00485. The van der Waals surface area contributed by atoms with Gasteiger partial charge in [-0.1, -0.05) is 178 Å². The summed E-state index contributed by atoms with van der Waals surface area (Å²) in [5.41, 5.74) is 23.5. The average molecular weight is 940 g/mol. The number of benzene rings is 8. The molecule has 3 heterocycles. The third kappa shape index (κ3) is 7.33. The Labute approximate surface area is 428 Å². The van der Waals surface area contributed by atoms with Crippen LogP contribution in [0.2, 0.25) is 0 Å². The van der Waals surface area contributed by atoms with E-state index < -0.39 is 0 Å². The van der Waals surface area contributed by atoms with E-state index in [0.29, 0.717) is 0 Å². The molecule has 0 bridgehead atoms. The van der Waals surface area contributed by atoms with Crippen LogP contribution in [-0.2, 0) is 21.7 Å².